The fourth-order valence-corrected chi connectivity index (χ4v) is 5.73. The predicted molar refractivity (Wildman–Crippen MR) is 128 cm³/mol. The normalized spacial score (nSPS) is 19.5. The molecule has 0 unspecified atom stereocenters. The molecule has 14 nitrogen and oxygen atoms in total. The van der Waals surface area contributed by atoms with E-state index in [4.69, 9.17) is 5.73 Å². The zero-order chi connectivity index (χ0) is 27.0. The summed E-state index contributed by atoms with van der Waals surface area (Å²) in [6.45, 7) is -0.870. The van der Waals surface area contributed by atoms with Gasteiger partial charge in [-0.15, -0.1) is 16.3 Å². The Bertz CT molecular complexity index is 1490. The van der Waals surface area contributed by atoms with Gasteiger partial charge in [0.05, 0.1) is 6.20 Å². The van der Waals surface area contributed by atoms with Crippen LogP contribution in [0.1, 0.15) is 5.82 Å². The van der Waals surface area contributed by atoms with Crippen molar-refractivity contribution in [3.63, 3.8) is 0 Å². The third-order valence-corrected chi connectivity index (χ3v) is 7.44. The summed E-state index contributed by atoms with van der Waals surface area (Å²) in [6.07, 6.45) is 2.26. The molecule has 0 spiro atoms. The van der Waals surface area contributed by atoms with Crippen molar-refractivity contribution in [2.75, 3.05) is 18.1 Å². The molecular weight excluding hydrogens is 548 g/mol. The van der Waals surface area contributed by atoms with Gasteiger partial charge in [0, 0.05) is 28.9 Å². The summed E-state index contributed by atoms with van der Waals surface area (Å²) in [4.78, 5) is 47.6. The molecule has 0 aromatic carbocycles. The number of oxime groups is 1. The van der Waals surface area contributed by atoms with Crippen molar-refractivity contribution in [1.29, 1.82) is 0 Å². The number of nitrogen functional groups attached to an aromatic ring is 1. The average Bonchev–Trinajstić information content (AvgIpc) is 3.50. The highest BCUT2D eigenvalue weighted by Gasteiger charge is 2.54. The smallest absolute Gasteiger partial charge is 0.352 e. The van der Waals surface area contributed by atoms with Crippen LogP contribution in [0.4, 0.5) is 13.9 Å². The van der Waals surface area contributed by atoms with E-state index < -0.39 is 47.9 Å². The minimum absolute atomic E-state index is 0.00323. The number of aliphatic carboxylic acids is 1. The molecule has 2 atom stereocenters. The molecule has 2 aliphatic heterocycles. The van der Waals surface area contributed by atoms with Gasteiger partial charge in [0.1, 0.15) is 29.9 Å². The molecule has 3 aromatic rings. The van der Waals surface area contributed by atoms with Crippen LogP contribution in [0.2, 0.25) is 0 Å². The van der Waals surface area contributed by atoms with Crippen molar-refractivity contribution < 1.29 is 37.7 Å². The van der Waals surface area contributed by atoms with Crippen molar-refractivity contribution in [2.24, 2.45) is 5.16 Å². The lowest BCUT2D eigenvalue weighted by atomic mass is 10.0. The number of hydrogen-bond donors (Lipinski definition) is 3. The number of carbonyl (C=O) groups is 3. The zero-order valence-corrected chi connectivity index (χ0v) is 20.7. The minimum atomic E-state index is -2.84. The molecule has 0 bridgehead atoms. The number of carboxylic acids is 1. The van der Waals surface area contributed by atoms with Gasteiger partial charge in [-0.05, 0) is 6.07 Å². The van der Waals surface area contributed by atoms with E-state index in [9.17, 15) is 28.3 Å². The Morgan fingerprint density at radius 3 is 2.95 bits per heavy atom. The van der Waals surface area contributed by atoms with E-state index in [-0.39, 0.29) is 29.0 Å². The maximum absolute atomic E-state index is 13.0. The van der Waals surface area contributed by atoms with E-state index in [1.165, 1.54) is 11.8 Å². The van der Waals surface area contributed by atoms with Gasteiger partial charge in [-0.3, -0.25) is 14.5 Å². The summed E-state index contributed by atoms with van der Waals surface area (Å²) in [5.74, 6) is -2.90. The number of nitrogens with one attached hydrogen (secondary N) is 1. The molecule has 2 amide bonds. The van der Waals surface area contributed by atoms with Crippen molar-refractivity contribution in [2.45, 2.75) is 24.4 Å². The Labute approximate surface area is 219 Å². The van der Waals surface area contributed by atoms with Crippen molar-refractivity contribution in [1.82, 2.24) is 29.2 Å². The van der Waals surface area contributed by atoms with Crippen molar-refractivity contribution >= 4 is 57.6 Å². The molecular formula is C20H18F2N9O5S2+. The lowest BCUT2D eigenvalue weighted by molar-refractivity contribution is -0.662. The number of halogens is 2. The first kappa shape index (κ1) is 25.5. The van der Waals surface area contributed by atoms with Gasteiger partial charge in [-0.1, -0.05) is 10.3 Å². The van der Waals surface area contributed by atoms with Gasteiger partial charge in [0.2, 0.25) is 11.5 Å². The lowest BCUT2D eigenvalue weighted by Crippen LogP contribution is -2.71. The second kappa shape index (κ2) is 10.3. The Morgan fingerprint density at radius 1 is 1.42 bits per heavy atom. The number of aromatic nitrogens is 5. The van der Waals surface area contributed by atoms with E-state index >= 15 is 0 Å². The number of thioether (sulfide) groups is 1. The Kier molecular flexibility index (Phi) is 6.89. The van der Waals surface area contributed by atoms with Gasteiger partial charge < -0.3 is 21.0 Å². The first-order valence-corrected chi connectivity index (χ1v) is 12.7. The summed E-state index contributed by atoms with van der Waals surface area (Å²) in [6, 6.07) is 2.47. The molecule has 3 aromatic heterocycles. The number of fused-ring (bicyclic) bond motifs is 2. The number of alkyl halides is 2. The maximum Gasteiger partial charge on any atom is 0.352 e. The fraction of sp³-hybridized carbons (Fsp3) is 0.300. The summed E-state index contributed by atoms with van der Waals surface area (Å²) in [5, 5.41) is 19.3. The van der Waals surface area contributed by atoms with Crippen LogP contribution in [0.3, 0.4) is 0 Å². The Morgan fingerprint density at radius 2 is 2.24 bits per heavy atom. The Hall–Kier alpha value is -4.19. The molecule has 5 heterocycles. The minimum Gasteiger partial charge on any atom is -0.477 e. The van der Waals surface area contributed by atoms with Crippen LogP contribution < -0.4 is 15.6 Å². The quantitative estimate of drug-likeness (QED) is 0.132. The number of hydrogen-bond acceptors (Lipinski definition) is 11. The van der Waals surface area contributed by atoms with E-state index in [2.05, 4.69) is 29.8 Å². The van der Waals surface area contributed by atoms with E-state index in [0.29, 0.717) is 5.57 Å². The molecule has 198 valence electrons. The highest BCUT2D eigenvalue weighted by molar-refractivity contribution is 8.00. The summed E-state index contributed by atoms with van der Waals surface area (Å²) in [7, 11) is 0. The van der Waals surface area contributed by atoms with Crippen LogP contribution in [0.5, 0.6) is 0 Å². The van der Waals surface area contributed by atoms with Gasteiger partial charge in [0.15, 0.2) is 17.9 Å². The van der Waals surface area contributed by atoms with Crippen LogP contribution in [0.15, 0.2) is 47.1 Å². The van der Waals surface area contributed by atoms with Crippen molar-refractivity contribution in [3.05, 3.63) is 47.8 Å². The zero-order valence-electron chi connectivity index (χ0n) is 19.1. The third-order valence-electron chi connectivity index (χ3n) is 5.56. The highest BCUT2D eigenvalue weighted by atomic mass is 32.2. The number of imidazole rings is 1. The second-order valence-electron chi connectivity index (χ2n) is 7.95. The number of anilines is 1. The molecule has 1 fully saturated rings. The molecule has 1 saturated heterocycles. The van der Waals surface area contributed by atoms with Crippen LogP contribution in [0, 0.1) is 0 Å². The standard InChI is InChI=1S/C20H17F2N9O5S2/c21-10(22)7-36-27-12(15-26-20(23)38-28-15)16(32)25-13-17(33)31-14(19(34)35)9(8-37-18(13)31)6-29-4-5-30-11(29)2-1-3-24-30/h1-5,10,13,18H,6-8H2,(H3-,23,25,26,28,32,34,35)/p+1/b27-12-/t13-,18-/m1/s1. The van der Waals surface area contributed by atoms with Gasteiger partial charge in [-0.25, -0.2) is 18.1 Å². The monoisotopic (exact) mass is 566 g/mol. The predicted octanol–water partition coefficient (Wildman–Crippen LogP) is -0.520. The number of β-lactam (4-membered cyclic amide) rings is 1. The third kappa shape index (κ3) is 4.74. The van der Waals surface area contributed by atoms with Crippen LogP contribution >= 0.6 is 23.3 Å². The lowest BCUT2D eigenvalue weighted by Gasteiger charge is -2.49. The molecule has 4 N–H and O–H groups in total. The van der Waals surface area contributed by atoms with E-state index in [1.54, 1.807) is 29.2 Å². The first-order chi connectivity index (χ1) is 18.2. The topological polar surface area (TPSA) is 181 Å². The summed E-state index contributed by atoms with van der Waals surface area (Å²) in [5.41, 5.74) is 6.06. The molecule has 0 aliphatic carbocycles. The van der Waals surface area contributed by atoms with Gasteiger partial charge in [-0.2, -0.15) is 9.36 Å². The van der Waals surface area contributed by atoms with Gasteiger partial charge in [0.25, 0.3) is 18.2 Å². The van der Waals surface area contributed by atoms with Crippen molar-refractivity contribution in [3.8, 4) is 0 Å². The number of carboxylic acid groups (broad SMARTS) is 1. The maximum atomic E-state index is 13.0. The molecule has 0 radical (unpaired) electrons. The Balaban J connectivity index is 1.35. The summed E-state index contributed by atoms with van der Waals surface area (Å²) >= 11 is 2.02. The first-order valence-electron chi connectivity index (χ1n) is 10.8. The number of nitrogens with zero attached hydrogens (tertiary/aromatic N) is 7. The molecule has 2 aliphatic rings. The molecule has 5 rings (SSSR count). The number of rotatable bonds is 9. The summed E-state index contributed by atoms with van der Waals surface area (Å²) < 4.78 is 32.2. The number of nitrogens with two attached hydrogens (primary N) is 1. The average molecular weight is 567 g/mol. The molecule has 0 saturated carbocycles. The van der Waals surface area contributed by atoms with Crippen LogP contribution in [0.25, 0.3) is 5.65 Å². The van der Waals surface area contributed by atoms with Gasteiger partial charge >= 0.3 is 11.6 Å². The van der Waals surface area contributed by atoms with E-state index in [1.807, 2.05) is 10.6 Å². The SMILES string of the molecule is Nc1nc(/C(=N/OCC(F)F)C(=O)N[C@@H]2C(=O)N3C(C(=O)O)=C(C[n+]4ccn5ncccc54)CS[C@H]23)ns1. The number of carbonyl (C=O) groups excluding carboxylic acids is 2. The van der Waals surface area contributed by atoms with Crippen LogP contribution in [-0.4, -0.2) is 82.7 Å². The molecule has 18 heteroatoms. The molecule has 38 heavy (non-hydrogen) atoms. The fourth-order valence-electron chi connectivity index (χ4n) is 3.96. The van der Waals surface area contributed by atoms with E-state index in [0.717, 1.165) is 22.1 Å². The largest absolute Gasteiger partial charge is 0.477 e. The van der Waals surface area contributed by atoms with Crippen LogP contribution in [-0.2, 0) is 25.8 Å². The number of amides is 2. The second-order valence-corrected chi connectivity index (χ2v) is 9.84. The highest BCUT2D eigenvalue weighted by Crippen LogP contribution is 2.40.